The largest absolute Gasteiger partial charge is 0.397 e. The molecule has 0 saturated heterocycles. The van der Waals surface area contributed by atoms with Gasteiger partial charge < -0.3 is 10.6 Å². The first-order valence-corrected chi connectivity index (χ1v) is 10.7. The van der Waals surface area contributed by atoms with Crippen molar-refractivity contribution in [1.82, 2.24) is 9.97 Å². The predicted molar refractivity (Wildman–Crippen MR) is 131 cm³/mol. The lowest BCUT2D eigenvalue weighted by Crippen LogP contribution is -2.21. The summed E-state index contributed by atoms with van der Waals surface area (Å²) in [5.74, 6) is 0.289. The van der Waals surface area contributed by atoms with Crippen LogP contribution >= 0.6 is 0 Å². The van der Waals surface area contributed by atoms with Crippen LogP contribution in [0.4, 0.5) is 23.0 Å². The minimum atomic E-state index is 0.289. The van der Waals surface area contributed by atoms with E-state index in [0.717, 1.165) is 41.3 Å². The van der Waals surface area contributed by atoms with Crippen LogP contribution in [-0.2, 0) is 0 Å². The van der Waals surface area contributed by atoms with Gasteiger partial charge in [-0.05, 0) is 38.1 Å². The zero-order valence-electron chi connectivity index (χ0n) is 18.3. The molecule has 1 heterocycles. The Morgan fingerprint density at radius 2 is 1.28 bits per heavy atom. The molecule has 0 radical (unpaired) electrons. The van der Waals surface area contributed by atoms with Crippen molar-refractivity contribution in [3.63, 3.8) is 0 Å². The Bertz CT molecular complexity index is 1140. The number of benzene rings is 3. The van der Waals surface area contributed by atoms with Gasteiger partial charge in [-0.15, -0.1) is 10.2 Å². The van der Waals surface area contributed by atoms with Gasteiger partial charge in [0.2, 0.25) is 0 Å². The SMILES string of the molecule is CCN(CC)c1ccc(N=Nc2nc(-c3ccccc3)cc(-c3ccccc3)n2)c(N)c1. The standard InChI is InChI=1S/C26H26N6/c1-3-32(4-2)21-15-16-23(22(27)17-21)30-31-26-28-24(19-11-7-5-8-12-19)18-25(29-26)20-13-9-6-10-14-20/h5-18H,3-4,27H2,1-2H3. The fraction of sp³-hybridized carbons (Fsp3) is 0.154. The number of hydrogen-bond donors (Lipinski definition) is 1. The quantitative estimate of drug-likeness (QED) is 0.267. The average Bonchev–Trinajstić information content (AvgIpc) is 2.85. The third kappa shape index (κ3) is 4.81. The molecule has 0 unspecified atom stereocenters. The van der Waals surface area contributed by atoms with Crippen molar-refractivity contribution in [2.75, 3.05) is 23.7 Å². The van der Waals surface area contributed by atoms with Crippen molar-refractivity contribution >= 4 is 23.0 Å². The fourth-order valence-electron chi connectivity index (χ4n) is 3.51. The number of rotatable bonds is 7. The molecule has 4 aromatic rings. The smallest absolute Gasteiger partial charge is 0.270 e. The molecule has 6 heteroatoms. The van der Waals surface area contributed by atoms with Crippen LogP contribution in [-0.4, -0.2) is 23.1 Å². The Morgan fingerprint density at radius 1 is 0.719 bits per heavy atom. The third-order valence-electron chi connectivity index (χ3n) is 5.24. The number of azo groups is 1. The molecule has 3 aromatic carbocycles. The van der Waals surface area contributed by atoms with Crippen molar-refractivity contribution in [2.45, 2.75) is 13.8 Å². The van der Waals surface area contributed by atoms with Gasteiger partial charge in [-0.25, -0.2) is 9.97 Å². The van der Waals surface area contributed by atoms with Crippen LogP contribution in [0.15, 0.2) is 95.2 Å². The van der Waals surface area contributed by atoms with Crippen molar-refractivity contribution in [3.8, 4) is 22.5 Å². The maximum absolute atomic E-state index is 6.25. The summed E-state index contributed by atoms with van der Waals surface area (Å²) in [4.78, 5) is 11.5. The normalized spacial score (nSPS) is 11.1. The summed E-state index contributed by atoms with van der Waals surface area (Å²) >= 11 is 0. The second-order valence-electron chi connectivity index (χ2n) is 7.29. The van der Waals surface area contributed by atoms with Gasteiger partial charge in [-0.2, -0.15) is 0 Å². The van der Waals surface area contributed by atoms with Crippen LogP contribution in [0.3, 0.4) is 0 Å². The molecule has 0 fully saturated rings. The highest BCUT2D eigenvalue weighted by Gasteiger charge is 2.09. The number of nitrogens with two attached hydrogens (primary N) is 1. The molecule has 1 aromatic heterocycles. The second kappa shape index (κ2) is 9.83. The van der Waals surface area contributed by atoms with E-state index in [1.807, 2.05) is 84.9 Å². The van der Waals surface area contributed by atoms with Crippen molar-refractivity contribution in [1.29, 1.82) is 0 Å². The lowest BCUT2D eigenvalue weighted by Gasteiger charge is -2.21. The fourth-order valence-corrected chi connectivity index (χ4v) is 3.51. The maximum atomic E-state index is 6.25. The summed E-state index contributed by atoms with van der Waals surface area (Å²) in [6.45, 7) is 6.07. The Balaban J connectivity index is 1.71. The van der Waals surface area contributed by atoms with Gasteiger partial charge >= 0.3 is 0 Å². The van der Waals surface area contributed by atoms with Gasteiger partial charge in [0.15, 0.2) is 0 Å². The molecule has 0 aliphatic carbocycles. The van der Waals surface area contributed by atoms with Crippen molar-refractivity contribution < 1.29 is 0 Å². The van der Waals surface area contributed by atoms with Gasteiger partial charge in [0.05, 0.1) is 17.1 Å². The number of aromatic nitrogens is 2. The molecule has 2 N–H and O–H groups in total. The van der Waals surface area contributed by atoms with Crippen LogP contribution in [0, 0.1) is 0 Å². The highest BCUT2D eigenvalue weighted by Crippen LogP contribution is 2.30. The van der Waals surface area contributed by atoms with E-state index in [1.165, 1.54) is 0 Å². The van der Waals surface area contributed by atoms with E-state index in [2.05, 4.69) is 38.9 Å². The molecule has 6 nitrogen and oxygen atoms in total. The molecule has 0 atom stereocenters. The first-order valence-electron chi connectivity index (χ1n) is 10.7. The van der Waals surface area contributed by atoms with E-state index in [0.29, 0.717) is 11.4 Å². The summed E-state index contributed by atoms with van der Waals surface area (Å²) in [5.41, 5.74) is 12.1. The van der Waals surface area contributed by atoms with Crippen molar-refractivity contribution in [2.24, 2.45) is 10.2 Å². The van der Waals surface area contributed by atoms with Crippen molar-refractivity contribution in [3.05, 3.63) is 84.9 Å². The highest BCUT2D eigenvalue weighted by atomic mass is 15.2. The van der Waals surface area contributed by atoms with Crippen LogP contribution in [0.5, 0.6) is 0 Å². The minimum absolute atomic E-state index is 0.289. The molecule has 160 valence electrons. The van der Waals surface area contributed by atoms with Gasteiger partial charge in [0.25, 0.3) is 5.95 Å². The molecule has 0 aliphatic rings. The molecule has 4 rings (SSSR count). The van der Waals surface area contributed by atoms with Crippen LogP contribution in [0.2, 0.25) is 0 Å². The molecule has 0 spiro atoms. The zero-order valence-corrected chi connectivity index (χ0v) is 18.3. The summed E-state index contributed by atoms with van der Waals surface area (Å²) < 4.78 is 0. The van der Waals surface area contributed by atoms with E-state index in [9.17, 15) is 0 Å². The average molecular weight is 423 g/mol. The molecular formula is C26H26N6. The molecule has 0 saturated carbocycles. The zero-order chi connectivity index (χ0) is 22.3. The number of nitrogens with zero attached hydrogens (tertiary/aromatic N) is 5. The van der Waals surface area contributed by atoms with Gasteiger partial charge in [-0.3, -0.25) is 0 Å². The molecular weight excluding hydrogens is 396 g/mol. The molecule has 0 aliphatic heterocycles. The van der Waals surface area contributed by atoms with Gasteiger partial charge in [-0.1, -0.05) is 60.7 Å². The van der Waals surface area contributed by atoms with Gasteiger partial charge in [0, 0.05) is 29.9 Å². The number of anilines is 2. The van der Waals surface area contributed by atoms with E-state index in [1.54, 1.807) is 0 Å². The third-order valence-corrected chi connectivity index (χ3v) is 5.24. The Morgan fingerprint density at radius 3 is 1.78 bits per heavy atom. The van der Waals surface area contributed by atoms with E-state index in [4.69, 9.17) is 5.73 Å². The van der Waals surface area contributed by atoms with Crippen LogP contribution < -0.4 is 10.6 Å². The van der Waals surface area contributed by atoms with E-state index < -0.39 is 0 Å². The molecule has 0 bridgehead atoms. The summed E-state index contributed by atoms with van der Waals surface area (Å²) in [7, 11) is 0. The Hall–Kier alpha value is -4.06. The topological polar surface area (TPSA) is 79.8 Å². The molecule has 32 heavy (non-hydrogen) atoms. The predicted octanol–water partition coefficient (Wildman–Crippen LogP) is 6.65. The first-order chi connectivity index (χ1) is 15.7. The Kier molecular flexibility index (Phi) is 6.51. The monoisotopic (exact) mass is 422 g/mol. The Labute approximate surface area is 188 Å². The van der Waals surface area contributed by atoms with Crippen LogP contribution in [0.1, 0.15) is 13.8 Å². The van der Waals surface area contributed by atoms with Gasteiger partial charge in [0.1, 0.15) is 5.69 Å². The lowest BCUT2D eigenvalue weighted by atomic mass is 10.1. The van der Waals surface area contributed by atoms with E-state index >= 15 is 0 Å². The molecule has 0 amide bonds. The lowest BCUT2D eigenvalue weighted by molar-refractivity contribution is 0.866. The first kappa shape index (κ1) is 21.2. The minimum Gasteiger partial charge on any atom is -0.397 e. The summed E-state index contributed by atoms with van der Waals surface area (Å²) in [6.07, 6.45) is 0. The second-order valence-corrected chi connectivity index (χ2v) is 7.29. The van der Waals surface area contributed by atoms with E-state index in [-0.39, 0.29) is 5.95 Å². The maximum Gasteiger partial charge on any atom is 0.270 e. The summed E-state index contributed by atoms with van der Waals surface area (Å²) in [6, 6.07) is 27.8. The number of hydrogen-bond acceptors (Lipinski definition) is 6. The summed E-state index contributed by atoms with van der Waals surface area (Å²) in [5, 5.41) is 8.69. The highest BCUT2D eigenvalue weighted by molar-refractivity contribution is 5.70. The van der Waals surface area contributed by atoms with Crippen LogP contribution in [0.25, 0.3) is 22.5 Å². The number of nitrogen functional groups attached to an aromatic ring is 1.